The second-order valence-corrected chi connectivity index (χ2v) is 7.52. The molecule has 0 aromatic heterocycles. The molecule has 136 valence electrons. The molecule has 2 heterocycles. The number of likely N-dealkylation sites (tertiary alicyclic amines) is 1. The number of nitrogens with zero attached hydrogens (tertiary/aromatic N) is 1. The summed E-state index contributed by atoms with van der Waals surface area (Å²) < 4.78 is 5.75. The van der Waals surface area contributed by atoms with Crippen molar-refractivity contribution in [3.05, 3.63) is 35.4 Å². The number of nitrogens with two attached hydrogens (primary N) is 1. The fraction of sp³-hybridized carbons (Fsp3) is 0.600. The molecular formula is C20H28N2O3. The van der Waals surface area contributed by atoms with E-state index in [1.54, 1.807) is 13.0 Å². The summed E-state index contributed by atoms with van der Waals surface area (Å²) in [5.41, 5.74) is 7.21. The highest BCUT2D eigenvalue weighted by molar-refractivity contribution is 5.92. The number of ether oxygens (including phenoxy) is 1. The second-order valence-electron chi connectivity index (χ2n) is 7.52. The fourth-order valence-corrected chi connectivity index (χ4v) is 4.27. The Hall–Kier alpha value is -1.72. The van der Waals surface area contributed by atoms with Crippen LogP contribution in [0.1, 0.15) is 54.9 Å². The molecule has 0 unspecified atom stereocenters. The van der Waals surface area contributed by atoms with Gasteiger partial charge in [0.1, 0.15) is 6.10 Å². The van der Waals surface area contributed by atoms with Gasteiger partial charge in [0.25, 0.3) is 0 Å². The largest absolute Gasteiger partial charge is 0.369 e. The Morgan fingerprint density at radius 2 is 2.04 bits per heavy atom. The smallest absolute Gasteiger partial charge is 0.248 e. The van der Waals surface area contributed by atoms with Crippen LogP contribution in [0.5, 0.6) is 0 Å². The fourth-order valence-electron chi connectivity index (χ4n) is 4.27. The van der Waals surface area contributed by atoms with Gasteiger partial charge in [-0.1, -0.05) is 19.1 Å². The van der Waals surface area contributed by atoms with E-state index in [9.17, 15) is 9.59 Å². The number of ketones is 1. The highest BCUT2D eigenvalue weighted by Crippen LogP contribution is 2.35. The van der Waals surface area contributed by atoms with Crippen molar-refractivity contribution in [2.24, 2.45) is 11.7 Å². The number of rotatable bonds is 4. The monoisotopic (exact) mass is 344 g/mol. The van der Waals surface area contributed by atoms with Gasteiger partial charge in [0.15, 0.2) is 5.78 Å². The number of hydrogen-bond acceptors (Lipinski definition) is 4. The molecule has 1 amide bonds. The number of piperidine rings is 1. The first kappa shape index (κ1) is 18.1. The summed E-state index contributed by atoms with van der Waals surface area (Å²) in [6, 6.07) is 8.16. The molecule has 1 aromatic rings. The SMILES string of the molecule is CC(=O)[C@H]1CC[C@@H](N2CC[C@@H](c3cccc(C(N)=O)c3)[C@H](C)C2)CO1. The van der Waals surface area contributed by atoms with Gasteiger partial charge in [-0.15, -0.1) is 0 Å². The molecule has 0 aliphatic carbocycles. The summed E-state index contributed by atoms with van der Waals surface area (Å²) in [5.74, 6) is 0.721. The lowest BCUT2D eigenvalue weighted by atomic mass is 9.80. The second kappa shape index (κ2) is 7.67. The lowest BCUT2D eigenvalue weighted by molar-refractivity contribution is -0.134. The maximum Gasteiger partial charge on any atom is 0.248 e. The molecule has 2 N–H and O–H groups in total. The highest BCUT2D eigenvalue weighted by atomic mass is 16.5. The third-order valence-corrected chi connectivity index (χ3v) is 5.76. The molecule has 5 nitrogen and oxygen atoms in total. The number of Topliss-reactive ketones (excluding diaryl/α,β-unsaturated/α-hetero) is 1. The molecule has 4 atom stereocenters. The van der Waals surface area contributed by atoms with Crippen LogP contribution < -0.4 is 5.73 Å². The third kappa shape index (κ3) is 4.10. The maximum atomic E-state index is 11.4. The Kier molecular flexibility index (Phi) is 5.54. The molecule has 2 saturated heterocycles. The van der Waals surface area contributed by atoms with Crippen LogP contribution in [0, 0.1) is 5.92 Å². The van der Waals surface area contributed by atoms with Gasteiger partial charge in [-0.2, -0.15) is 0 Å². The van der Waals surface area contributed by atoms with Gasteiger partial charge in [-0.3, -0.25) is 14.5 Å². The molecule has 2 aliphatic rings. The van der Waals surface area contributed by atoms with Crippen molar-refractivity contribution in [2.75, 3.05) is 19.7 Å². The summed E-state index contributed by atoms with van der Waals surface area (Å²) in [4.78, 5) is 25.4. The summed E-state index contributed by atoms with van der Waals surface area (Å²) in [5, 5.41) is 0. The van der Waals surface area contributed by atoms with E-state index in [1.807, 2.05) is 12.1 Å². The third-order valence-electron chi connectivity index (χ3n) is 5.76. The predicted octanol–water partition coefficient (Wildman–Crippen LogP) is 2.35. The molecular weight excluding hydrogens is 316 g/mol. The van der Waals surface area contributed by atoms with Crippen LogP contribution in [0.25, 0.3) is 0 Å². The minimum absolute atomic E-state index is 0.139. The number of amides is 1. The number of hydrogen-bond donors (Lipinski definition) is 1. The molecule has 1 aromatic carbocycles. The predicted molar refractivity (Wildman–Crippen MR) is 96.5 cm³/mol. The summed E-state index contributed by atoms with van der Waals surface area (Å²) >= 11 is 0. The van der Waals surface area contributed by atoms with Gasteiger partial charge in [-0.05, 0) is 62.3 Å². The van der Waals surface area contributed by atoms with Crippen LogP contribution in [-0.2, 0) is 9.53 Å². The molecule has 5 heteroatoms. The van der Waals surface area contributed by atoms with Gasteiger partial charge in [0.2, 0.25) is 5.91 Å². The van der Waals surface area contributed by atoms with Crippen molar-refractivity contribution in [1.82, 2.24) is 4.90 Å². The van der Waals surface area contributed by atoms with Crippen LogP contribution in [0.4, 0.5) is 0 Å². The Morgan fingerprint density at radius 3 is 2.64 bits per heavy atom. The van der Waals surface area contributed by atoms with Crippen molar-refractivity contribution in [2.45, 2.75) is 51.2 Å². The van der Waals surface area contributed by atoms with Crippen molar-refractivity contribution >= 4 is 11.7 Å². The summed E-state index contributed by atoms with van der Waals surface area (Å²) in [6.45, 7) is 6.58. The van der Waals surface area contributed by atoms with Crippen LogP contribution in [0.3, 0.4) is 0 Å². The quantitative estimate of drug-likeness (QED) is 0.910. The number of carbonyl (C=O) groups is 2. The number of primary amides is 1. The van der Waals surface area contributed by atoms with Gasteiger partial charge in [0.05, 0.1) is 6.61 Å². The molecule has 2 fully saturated rings. The molecule has 0 bridgehead atoms. The van der Waals surface area contributed by atoms with Crippen LogP contribution in [0.15, 0.2) is 24.3 Å². The van der Waals surface area contributed by atoms with E-state index >= 15 is 0 Å². The van der Waals surface area contributed by atoms with Gasteiger partial charge >= 0.3 is 0 Å². The molecule has 0 radical (unpaired) electrons. The lowest BCUT2D eigenvalue weighted by Crippen LogP contribution is -2.49. The standard InChI is InChI=1S/C20H28N2O3/c1-13-11-22(17-6-7-19(14(2)23)25-12-17)9-8-18(13)15-4-3-5-16(10-15)20(21)24/h3-5,10,13,17-19H,6-9,11-12H2,1-2H3,(H2,21,24)/t13-,17-,18-,19-/m1/s1. The van der Waals surface area contributed by atoms with E-state index in [4.69, 9.17) is 10.5 Å². The molecule has 0 spiro atoms. The average molecular weight is 344 g/mol. The summed E-state index contributed by atoms with van der Waals surface area (Å²) in [6.07, 6.45) is 2.71. The van der Waals surface area contributed by atoms with Crippen LogP contribution in [-0.4, -0.2) is 48.4 Å². The van der Waals surface area contributed by atoms with E-state index in [0.29, 0.717) is 30.0 Å². The average Bonchev–Trinajstić information content (AvgIpc) is 2.61. The zero-order valence-corrected chi connectivity index (χ0v) is 15.1. The normalized spacial score (nSPS) is 30.8. The van der Waals surface area contributed by atoms with E-state index in [2.05, 4.69) is 17.9 Å². The number of carbonyl (C=O) groups excluding carboxylic acids is 2. The summed E-state index contributed by atoms with van der Waals surface area (Å²) in [7, 11) is 0. The first-order chi connectivity index (χ1) is 12.0. The van der Waals surface area contributed by atoms with Gasteiger partial charge < -0.3 is 10.5 Å². The molecule has 0 saturated carbocycles. The lowest BCUT2D eigenvalue weighted by Gasteiger charge is -2.43. The molecule has 2 aliphatic heterocycles. The van der Waals surface area contributed by atoms with Crippen molar-refractivity contribution < 1.29 is 14.3 Å². The van der Waals surface area contributed by atoms with E-state index in [-0.39, 0.29) is 17.8 Å². The first-order valence-corrected chi connectivity index (χ1v) is 9.21. The van der Waals surface area contributed by atoms with Crippen molar-refractivity contribution in [3.63, 3.8) is 0 Å². The zero-order valence-electron chi connectivity index (χ0n) is 15.1. The number of benzene rings is 1. The van der Waals surface area contributed by atoms with Gasteiger partial charge in [-0.25, -0.2) is 0 Å². The highest BCUT2D eigenvalue weighted by Gasteiger charge is 2.34. The Morgan fingerprint density at radius 1 is 1.24 bits per heavy atom. The minimum atomic E-state index is -0.369. The Bertz CT molecular complexity index is 638. The van der Waals surface area contributed by atoms with Crippen molar-refractivity contribution in [1.29, 1.82) is 0 Å². The van der Waals surface area contributed by atoms with E-state index < -0.39 is 0 Å². The zero-order chi connectivity index (χ0) is 18.0. The minimum Gasteiger partial charge on any atom is -0.369 e. The molecule has 25 heavy (non-hydrogen) atoms. The Labute approximate surface area is 149 Å². The maximum absolute atomic E-state index is 11.4. The van der Waals surface area contributed by atoms with Crippen molar-refractivity contribution in [3.8, 4) is 0 Å². The first-order valence-electron chi connectivity index (χ1n) is 9.21. The van der Waals surface area contributed by atoms with E-state index in [0.717, 1.165) is 32.4 Å². The topological polar surface area (TPSA) is 72.6 Å². The van der Waals surface area contributed by atoms with Crippen LogP contribution >= 0.6 is 0 Å². The Balaban J connectivity index is 1.60. The van der Waals surface area contributed by atoms with Gasteiger partial charge in [0, 0.05) is 18.2 Å². The molecule has 3 rings (SSSR count). The van der Waals surface area contributed by atoms with Crippen LogP contribution in [0.2, 0.25) is 0 Å². The van der Waals surface area contributed by atoms with E-state index in [1.165, 1.54) is 5.56 Å².